The number of carbonyl (C=O) groups is 1. The second-order valence-corrected chi connectivity index (χ2v) is 5.33. The van der Waals surface area contributed by atoms with Gasteiger partial charge in [0.2, 0.25) is 5.91 Å². The Morgan fingerprint density at radius 2 is 1.86 bits per heavy atom. The maximum atomic E-state index is 11.9. The van der Waals surface area contributed by atoms with Gasteiger partial charge in [0, 0.05) is 18.3 Å². The van der Waals surface area contributed by atoms with Gasteiger partial charge in [-0.2, -0.15) is 0 Å². The summed E-state index contributed by atoms with van der Waals surface area (Å²) >= 11 is 0. The number of ether oxygens (including phenoxy) is 1. The van der Waals surface area contributed by atoms with E-state index in [0.717, 1.165) is 17.0 Å². The number of anilines is 1. The molecule has 0 aromatic heterocycles. The SMILES string of the molecule is CC(C)Oc1cccc(NC(=O)CNCc2ccccc2)c1. The smallest absolute Gasteiger partial charge is 0.238 e. The first-order valence-corrected chi connectivity index (χ1v) is 7.44. The predicted octanol–water partition coefficient (Wildman–Crippen LogP) is 3.20. The van der Waals surface area contributed by atoms with Crippen molar-refractivity contribution < 1.29 is 9.53 Å². The van der Waals surface area contributed by atoms with Crippen LogP contribution in [0.4, 0.5) is 5.69 Å². The van der Waals surface area contributed by atoms with E-state index in [2.05, 4.69) is 10.6 Å². The summed E-state index contributed by atoms with van der Waals surface area (Å²) in [5.74, 6) is 0.683. The second kappa shape index (κ2) is 8.20. The van der Waals surface area contributed by atoms with E-state index in [9.17, 15) is 4.79 Å². The van der Waals surface area contributed by atoms with Crippen molar-refractivity contribution in [1.82, 2.24) is 5.32 Å². The van der Waals surface area contributed by atoms with Gasteiger partial charge >= 0.3 is 0 Å². The summed E-state index contributed by atoms with van der Waals surface area (Å²) in [7, 11) is 0. The zero-order valence-corrected chi connectivity index (χ0v) is 13.0. The molecular weight excluding hydrogens is 276 g/mol. The summed E-state index contributed by atoms with van der Waals surface area (Å²) in [6.45, 7) is 4.88. The normalized spacial score (nSPS) is 10.5. The Kier molecular flexibility index (Phi) is 5.98. The van der Waals surface area contributed by atoms with Crippen molar-refractivity contribution in [2.75, 3.05) is 11.9 Å². The van der Waals surface area contributed by atoms with Gasteiger partial charge in [0.1, 0.15) is 5.75 Å². The van der Waals surface area contributed by atoms with Crippen LogP contribution in [0, 0.1) is 0 Å². The molecule has 0 fully saturated rings. The van der Waals surface area contributed by atoms with Crippen molar-refractivity contribution in [3.8, 4) is 5.75 Å². The molecule has 2 rings (SSSR count). The molecule has 0 atom stereocenters. The van der Waals surface area contributed by atoms with Gasteiger partial charge in [-0.1, -0.05) is 36.4 Å². The van der Waals surface area contributed by atoms with Crippen LogP contribution in [0.1, 0.15) is 19.4 Å². The molecule has 0 aliphatic heterocycles. The van der Waals surface area contributed by atoms with Gasteiger partial charge in [-0.3, -0.25) is 4.79 Å². The van der Waals surface area contributed by atoms with E-state index in [-0.39, 0.29) is 18.6 Å². The van der Waals surface area contributed by atoms with Crippen LogP contribution < -0.4 is 15.4 Å². The van der Waals surface area contributed by atoms with Gasteiger partial charge in [-0.15, -0.1) is 0 Å². The Balaban J connectivity index is 1.79. The van der Waals surface area contributed by atoms with Crippen LogP contribution in [-0.4, -0.2) is 18.6 Å². The van der Waals surface area contributed by atoms with Crippen molar-refractivity contribution in [2.45, 2.75) is 26.5 Å². The van der Waals surface area contributed by atoms with Crippen LogP contribution in [0.15, 0.2) is 54.6 Å². The van der Waals surface area contributed by atoms with E-state index in [4.69, 9.17) is 4.74 Å². The lowest BCUT2D eigenvalue weighted by Gasteiger charge is -2.11. The molecule has 0 aliphatic rings. The van der Waals surface area contributed by atoms with Crippen LogP contribution in [0.2, 0.25) is 0 Å². The maximum Gasteiger partial charge on any atom is 0.238 e. The minimum Gasteiger partial charge on any atom is -0.491 e. The largest absolute Gasteiger partial charge is 0.491 e. The molecular formula is C18H22N2O2. The molecule has 2 aromatic rings. The average Bonchev–Trinajstić information content (AvgIpc) is 2.48. The molecule has 2 aromatic carbocycles. The fourth-order valence-electron chi connectivity index (χ4n) is 2.04. The number of amides is 1. The second-order valence-electron chi connectivity index (χ2n) is 5.33. The molecule has 0 saturated heterocycles. The lowest BCUT2D eigenvalue weighted by atomic mass is 10.2. The number of hydrogen-bond donors (Lipinski definition) is 2. The predicted molar refractivity (Wildman–Crippen MR) is 89.0 cm³/mol. The van der Waals surface area contributed by atoms with Crippen molar-refractivity contribution in [2.24, 2.45) is 0 Å². The Morgan fingerprint density at radius 1 is 1.09 bits per heavy atom. The number of benzene rings is 2. The van der Waals surface area contributed by atoms with Gasteiger partial charge in [-0.25, -0.2) is 0 Å². The van der Waals surface area contributed by atoms with Crippen LogP contribution in [0.3, 0.4) is 0 Å². The third kappa shape index (κ3) is 5.58. The number of nitrogens with one attached hydrogen (secondary N) is 2. The molecule has 0 aliphatic carbocycles. The molecule has 0 saturated carbocycles. The van der Waals surface area contributed by atoms with Gasteiger partial charge in [0.05, 0.1) is 12.6 Å². The third-order valence-electron chi connectivity index (χ3n) is 2.95. The lowest BCUT2D eigenvalue weighted by molar-refractivity contribution is -0.115. The first-order chi connectivity index (χ1) is 10.6. The molecule has 2 N–H and O–H groups in total. The summed E-state index contributed by atoms with van der Waals surface area (Å²) in [6.07, 6.45) is 0.110. The highest BCUT2D eigenvalue weighted by atomic mass is 16.5. The molecule has 0 heterocycles. The summed E-state index contributed by atoms with van der Waals surface area (Å²) in [5, 5.41) is 5.99. The third-order valence-corrected chi connectivity index (χ3v) is 2.95. The molecule has 116 valence electrons. The van der Waals surface area contributed by atoms with Crippen LogP contribution >= 0.6 is 0 Å². The van der Waals surface area contributed by atoms with Crippen molar-refractivity contribution in [3.63, 3.8) is 0 Å². The van der Waals surface area contributed by atoms with E-state index >= 15 is 0 Å². The van der Waals surface area contributed by atoms with Crippen molar-refractivity contribution in [3.05, 3.63) is 60.2 Å². The van der Waals surface area contributed by atoms with Gasteiger partial charge in [0.15, 0.2) is 0 Å². The molecule has 0 radical (unpaired) electrons. The number of hydrogen-bond acceptors (Lipinski definition) is 3. The Bertz CT molecular complexity index is 597. The number of rotatable bonds is 7. The topological polar surface area (TPSA) is 50.4 Å². The molecule has 0 spiro atoms. The fourth-order valence-corrected chi connectivity index (χ4v) is 2.04. The number of carbonyl (C=O) groups excluding carboxylic acids is 1. The Morgan fingerprint density at radius 3 is 2.59 bits per heavy atom. The van der Waals surface area contributed by atoms with Crippen LogP contribution in [0.25, 0.3) is 0 Å². The first kappa shape index (κ1) is 16.0. The minimum atomic E-state index is -0.0716. The standard InChI is InChI=1S/C18H22N2O2/c1-14(2)22-17-10-6-9-16(11-17)20-18(21)13-19-12-15-7-4-3-5-8-15/h3-11,14,19H,12-13H2,1-2H3,(H,20,21). The molecule has 22 heavy (non-hydrogen) atoms. The minimum absolute atomic E-state index is 0.0716. The van der Waals surface area contributed by atoms with E-state index in [1.165, 1.54) is 0 Å². The summed E-state index contributed by atoms with van der Waals surface area (Å²) in [6, 6.07) is 17.4. The van der Waals surface area contributed by atoms with Gasteiger partial charge in [-0.05, 0) is 31.5 Å². The van der Waals surface area contributed by atoms with Gasteiger partial charge < -0.3 is 15.4 Å². The van der Waals surface area contributed by atoms with E-state index in [1.807, 2.05) is 68.4 Å². The van der Waals surface area contributed by atoms with Crippen LogP contribution in [-0.2, 0) is 11.3 Å². The summed E-state index contributed by atoms with van der Waals surface area (Å²) in [5.41, 5.74) is 1.90. The molecule has 4 heteroatoms. The van der Waals surface area contributed by atoms with Crippen molar-refractivity contribution >= 4 is 11.6 Å². The zero-order valence-electron chi connectivity index (χ0n) is 13.0. The monoisotopic (exact) mass is 298 g/mol. The highest BCUT2D eigenvalue weighted by Gasteiger charge is 2.04. The Hall–Kier alpha value is -2.33. The maximum absolute atomic E-state index is 11.9. The van der Waals surface area contributed by atoms with Crippen LogP contribution in [0.5, 0.6) is 5.75 Å². The lowest BCUT2D eigenvalue weighted by Crippen LogP contribution is -2.27. The molecule has 1 amide bonds. The fraction of sp³-hybridized carbons (Fsp3) is 0.278. The average molecular weight is 298 g/mol. The highest BCUT2D eigenvalue weighted by Crippen LogP contribution is 2.18. The van der Waals surface area contributed by atoms with E-state index in [0.29, 0.717) is 6.54 Å². The Labute approximate surface area is 131 Å². The first-order valence-electron chi connectivity index (χ1n) is 7.44. The van der Waals surface area contributed by atoms with E-state index in [1.54, 1.807) is 0 Å². The quantitative estimate of drug-likeness (QED) is 0.825. The van der Waals surface area contributed by atoms with Crippen molar-refractivity contribution in [1.29, 1.82) is 0 Å². The van der Waals surface area contributed by atoms with Gasteiger partial charge in [0.25, 0.3) is 0 Å². The highest BCUT2D eigenvalue weighted by molar-refractivity contribution is 5.92. The molecule has 0 unspecified atom stereocenters. The summed E-state index contributed by atoms with van der Waals surface area (Å²) < 4.78 is 5.61. The molecule has 0 bridgehead atoms. The molecule has 4 nitrogen and oxygen atoms in total. The summed E-state index contributed by atoms with van der Waals surface area (Å²) in [4.78, 5) is 11.9. The van der Waals surface area contributed by atoms with E-state index < -0.39 is 0 Å². The zero-order chi connectivity index (χ0) is 15.8.